The van der Waals surface area contributed by atoms with Crippen LogP contribution in [0.5, 0.6) is 0 Å². The third-order valence-corrected chi connectivity index (χ3v) is 4.00. The second kappa shape index (κ2) is 5.42. The summed E-state index contributed by atoms with van der Waals surface area (Å²) < 4.78 is 23.6. The summed E-state index contributed by atoms with van der Waals surface area (Å²) >= 11 is 5.40. The molecule has 0 aliphatic rings. The zero-order valence-electron chi connectivity index (χ0n) is 9.09. The number of pyridine rings is 1. The van der Waals surface area contributed by atoms with Crippen LogP contribution in [0.1, 0.15) is 12.0 Å². The van der Waals surface area contributed by atoms with E-state index < -0.39 is 25.5 Å². The van der Waals surface area contributed by atoms with Crippen LogP contribution in [0.2, 0.25) is 0 Å². The summed E-state index contributed by atoms with van der Waals surface area (Å²) in [7, 11) is -3.75. The molecule has 0 saturated carbocycles. The molecular formula is C9H11ClN2O4S. The number of sulfone groups is 1. The summed E-state index contributed by atoms with van der Waals surface area (Å²) in [6, 6.07) is 1.20. The molecule has 6 nitrogen and oxygen atoms in total. The Morgan fingerprint density at radius 1 is 1.53 bits per heavy atom. The summed E-state index contributed by atoms with van der Waals surface area (Å²) in [5.74, 6) is -0.0632. The molecule has 0 atom stereocenters. The normalized spacial score (nSPS) is 11.4. The van der Waals surface area contributed by atoms with Crippen molar-refractivity contribution in [2.45, 2.75) is 18.4 Å². The van der Waals surface area contributed by atoms with Crippen molar-refractivity contribution >= 4 is 27.1 Å². The van der Waals surface area contributed by atoms with E-state index in [0.717, 1.165) is 0 Å². The highest BCUT2D eigenvalue weighted by Crippen LogP contribution is 2.23. The molecule has 0 aliphatic heterocycles. The predicted octanol–water partition coefficient (Wildman–Crippen LogP) is 1.70. The Hall–Kier alpha value is -1.21. The summed E-state index contributed by atoms with van der Waals surface area (Å²) in [6.07, 6.45) is 1.52. The molecule has 1 aromatic heterocycles. The summed E-state index contributed by atoms with van der Waals surface area (Å²) in [5.41, 5.74) is 0.0487. The molecule has 0 fully saturated rings. The molecule has 94 valence electrons. The van der Waals surface area contributed by atoms with Crippen molar-refractivity contribution in [1.29, 1.82) is 0 Å². The minimum Gasteiger partial charge on any atom is -0.258 e. The van der Waals surface area contributed by atoms with Gasteiger partial charge in [0.25, 0.3) is 0 Å². The largest absolute Gasteiger partial charge is 0.306 e. The lowest BCUT2D eigenvalue weighted by Crippen LogP contribution is -2.12. The standard InChI is InChI=1S/C9H11ClN2O4S/c1-7-5-8(12(13)14)9(11-6-7)17(15,16)4-2-3-10/h5-6H,2-4H2,1H3. The number of hydrogen-bond donors (Lipinski definition) is 0. The van der Waals surface area contributed by atoms with Gasteiger partial charge in [-0.2, -0.15) is 0 Å². The Kier molecular flexibility index (Phi) is 4.41. The second-order valence-electron chi connectivity index (χ2n) is 3.46. The van der Waals surface area contributed by atoms with Crippen molar-refractivity contribution in [2.24, 2.45) is 0 Å². The summed E-state index contributed by atoms with van der Waals surface area (Å²) in [5, 5.41) is 10.3. The topological polar surface area (TPSA) is 90.2 Å². The van der Waals surface area contributed by atoms with E-state index in [-0.39, 0.29) is 18.1 Å². The van der Waals surface area contributed by atoms with E-state index in [0.29, 0.717) is 5.56 Å². The number of nitrogens with zero attached hydrogens (tertiary/aromatic N) is 2. The van der Waals surface area contributed by atoms with Crippen LogP contribution in [0.4, 0.5) is 5.69 Å². The minimum absolute atomic E-state index is 0.179. The molecule has 1 heterocycles. The van der Waals surface area contributed by atoms with Gasteiger partial charge in [0, 0.05) is 18.1 Å². The van der Waals surface area contributed by atoms with Gasteiger partial charge in [-0.3, -0.25) is 10.1 Å². The quantitative estimate of drug-likeness (QED) is 0.464. The first-order chi connectivity index (χ1) is 7.88. The molecule has 0 radical (unpaired) electrons. The number of hydrogen-bond acceptors (Lipinski definition) is 5. The Bertz CT molecular complexity index is 530. The molecule has 0 spiro atoms. The highest BCUT2D eigenvalue weighted by molar-refractivity contribution is 7.91. The maximum atomic E-state index is 11.8. The van der Waals surface area contributed by atoms with Crippen LogP contribution in [0, 0.1) is 17.0 Å². The molecule has 0 aromatic carbocycles. The van der Waals surface area contributed by atoms with E-state index in [2.05, 4.69) is 4.98 Å². The van der Waals surface area contributed by atoms with Crippen molar-refractivity contribution < 1.29 is 13.3 Å². The van der Waals surface area contributed by atoms with Crippen LogP contribution in [0.3, 0.4) is 0 Å². The van der Waals surface area contributed by atoms with Crippen LogP contribution in [-0.2, 0) is 9.84 Å². The van der Waals surface area contributed by atoms with E-state index in [1.54, 1.807) is 6.92 Å². The van der Waals surface area contributed by atoms with Gasteiger partial charge in [0.1, 0.15) is 0 Å². The number of halogens is 1. The highest BCUT2D eigenvalue weighted by Gasteiger charge is 2.27. The first-order valence-electron chi connectivity index (χ1n) is 4.78. The average molecular weight is 279 g/mol. The number of aryl methyl sites for hydroxylation is 1. The number of aromatic nitrogens is 1. The van der Waals surface area contributed by atoms with Gasteiger partial charge >= 0.3 is 5.69 Å². The SMILES string of the molecule is Cc1cnc(S(=O)(=O)CCCCl)c([N+](=O)[O-])c1. The van der Waals surface area contributed by atoms with Crippen LogP contribution < -0.4 is 0 Å². The van der Waals surface area contributed by atoms with Gasteiger partial charge in [-0.05, 0) is 18.9 Å². The fraction of sp³-hybridized carbons (Fsp3) is 0.444. The highest BCUT2D eigenvalue weighted by atomic mass is 35.5. The van der Waals surface area contributed by atoms with Crippen LogP contribution in [0.15, 0.2) is 17.3 Å². The third kappa shape index (κ3) is 3.37. The van der Waals surface area contributed by atoms with E-state index in [1.807, 2.05) is 0 Å². The Morgan fingerprint density at radius 3 is 2.71 bits per heavy atom. The zero-order valence-corrected chi connectivity index (χ0v) is 10.7. The second-order valence-corrected chi connectivity index (χ2v) is 5.86. The van der Waals surface area contributed by atoms with Gasteiger partial charge < -0.3 is 0 Å². The number of alkyl halides is 1. The molecule has 0 unspecified atom stereocenters. The van der Waals surface area contributed by atoms with Gasteiger partial charge in [-0.15, -0.1) is 11.6 Å². The third-order valence-electron chi connectivity index (χ3n) is 2.01. The molecule has 0 amide bonds. The minimum atomic E-state index is -3.75. The van der Waals surface area contributed by atoms with Gasteiger partial charge in [-0.1, -0.05) is 0 Å². The Balaban J connectivity index is 3.26. The maximum absolute atomic E-state index is 11.8. The lowest BCUT2D eigenvalue weighted by Gasteiger charge is -2.03. The molecule has 0 aliphatic carbocycles. The molecule has 17 heavy (non-hydrogen) atoms. The molecule has 0 N–H and O–H groups in total. The van der Waals surface area contributed by atoms with E-state index in [9.17, 15) is 18.5 Å². The first kappa shape index (κ1) is 13.9. The van der Waals surface area contributed by atoms with E-state index in [4.69, 9.17) is 11.6 Å². The lowest BCUT2D eigenvalue weighted by atomic mass is 10.3. The summed E-state index contributed by atoms with van der Waals surface area (Å²) in [6.45, 7) is 1.61. The molecular weight excluding hydrogens is 268 g/mol. The van der Waals surface area contributed by atoms with Crippen LogP contribution >= 0.6 is 11.6 Å². The smallest absolute Gasteiger partial charge is 0.258 e. The fourth-order valence-electron chi connectivity index (χ4n) is 1.25. The van der Waals surface area contributed by atoms with Crippen molar-refractivity contribution in [3.05, 3.63) is 27.9 Å². The summed E-state index contributed by atoms with van der Waals surface area (Å²) in [4.78, 5) is 13.7. The lowest BCUT2D eigenvalue weighted by molar-refractivity contribution is -0.388. The first-order valence-corrected chi connectivity index (χ1v) is 6.97. The van der Waals surface area contributed by atoms with Crippen molar-refractivity contribution in [2.75, 3.05) is 11.6 Å². The Morgan fingerprint density at radius 2 is 2.18 bits per heavy atom. The molecule has 8 heteroatoms. The predicted molar refractivity (Wildman–Crippen MR) is 63.0 cm³/mol. The van der Waals surface area contributed by atoms with Crippen LogP contribution in [-0.4, -0.2) is 30.0 Å². The van der Waals surface area contributed by atoms with Crippen LogP contribution in [0.25, 0.3) is 0 Å². The van der Waals surface area contributed by atoms with Crippen molar-refractivity contribution in [3.8, 4) is 0 Å². The molecule has 0 bridgehead atoms. The van der Waals surface area contributed by atoms with Crippen molar-refractivity contribution in [3.63, 3.8) is 0 Å². The van der Waals surface area contributed by atoms with Gasteiger partial charge in [0.05, 0.1) is 10.7 Å². The fourth-order valence-corrected chi connectivity index (χ4v) is 2.93. The average Bonchev–Trinajstić information content (AvgIpc) is 2.26. The van der Waals surface area contributed by atoms with E-state index in [1.165, 1.54) is 12.3 Å². The van der Waals surface area contributed by atoms with Crippen molar-refractivity contribution in [1.82, 2.24) is 4.98 Å². The van der Waals surface area contributed by atoms with Gasteiger partial charge in [0.15, 0.2) is 0 Å². The zero-order chi connectivity index (χ0) is 13.1. The number of nitro groups is 1. The molecule has 1 rings (SSSR count). The monoisotopic (exact) mass is 278 g/mol. The van der Waals surface area contributed by atoms with Gasteiger partial charge in [-0.25, -0.2) is 13.4 Å². The number of rotatable bonds is 5. The molecule has 0 saturated heterocycles. The Labute approximate surface area is 104 Å². The molecule has 1 aromatic rings. The van der Waals surface area contributed by atoms with Gasteiger partial charge in [0.2, 0.25) is 14.9 Å². The van der Waals surface area contributed by atoms with E-state index >= 15 is 0 Å². The maximum Gasteiger partial charge on any atom is 0.306 e.